The maximum absolute atomic E-state index is 12.5. The van der Waals surface area contributed by atoms with Crippen LogP contribution in [-0.2, 0) is 28.6 Å². The molecule has 0 aromatic carbocycles. The molecule has 0 bridgehead atoms. The lowest BCUT2D eigenvalue weighted by atomic mass is 10.1. The Balaban J connectivity index is 4.58. The Hall–Kier alpha value is -3.23. The van der Waals surface area contributed by atoms with Gasteiger partial charge < -0.3 is 28.6 Å². The molecule has 2 unspecified atom stereocenters. The smallest absolute Gasteiger partial charge is 0.310 e. The van der Waals surface area contributed by atoms with Crippen LogP contribution in [0.3, 0.4) is 0 Å². The molecule has 0 spiro atoms. The molecule has 47 heavy (non-hydrogen) atoms. The highest BCUT2D eigenvalue weighted by Crippen LogP contribution is 2.10. The predicted octanol–water partition coefficient (Wildman–Crippen LogP) is 7.12. The van der Waals surface area contributed by atoms with Crippen molar-refractivity contribution in [3.63, 3.8) is 0 Å². The van der Waals surface area contributed by atoms with Gasteiger partial charge in [-0.15, -0.1) is 0 Å². The minimum Gasteiger partial charge on any atom is -0.544 e. The van der Waals surface area contributed by atoms with E-state index in [1.807, 2.05) is 12.2 Å². The molecule has 0 fully saturated rings. The van der Waals surface area contributed by atoms with E-state index in [0.717, 1.165) is 70.6 Å². The van der Waals surface area contributed by atoms with E-state index in [1.165, 1.54) is 0 Å². The Morgan fingerprint density at radius 2 is 1.19 bits per heavy atom. The minimum atomic E-state index is -1.15. The fraction of sp³-hybridized carbons (Fsp3) is 0.615. The van der Waals surface area contributed by atoms with Gasteiger partial charge in [0.15, 0.2) is 6.10 Å². The van der Waals surface area contributed by atoms with Crippen LogP contribution in [-0.4, -0.2) is 75.5 Å². The van der Waals surface area contributed by atoms with Crippen LogP contribution in [0.25, 0.3) is 0 Å². The van der Waals surface area contributed by atoms with Crippen molar-refractivity contribution in [2.24, 2.45) is 0 Å². The molecule has 8 heteroatoms. The third-order valence-electron chi connectivity index (χ3n) is 7.12. The van der Waals surface area contributed by atoms with E-state index in [2.05, 4.69) is 68.5 Å². The van der Waals surface area contributed by atoms with Gasteiger partial charge in [0.2, 0.25) is 0 Å². The number of likely N-dealkylation sites (N-methyl/N-ethyl adjacent to an activating group) is 1. The van der Waals surface area contributed by atoms with Crippen molar-refractivity contribution < 1.29 is 38.2 Å². The first-order chi connectivity index (χ1) is 22.6. The van der Waals surface area contributed by atoms with E-state index < -0.39 is 24.1 Å². The number of carboxylic acid groups (broad SMARTS) is 1. The number of carbonyl (C=O) groups is 3. The Kier molecular flexibility index (Phi) is 28.1. The van der Waals surface area contributed by atoms with Crippen LogP contribution in [0.1, 0.15) is 104 Å². The highest BCUT2D eigenvalue weighted by molar-refractivity contribution is 5.71. The van der Waals surface area contributed by atoms with E-state index in [0.29, 0.717) is 6.42 Å². The number of carbonyl (C=O) groups excluding carboxylic acids is 3. The van der Waals surface area contributed by atoms with Crippen LogP contribution in [0.2, 0.25) is 0 Å². The lowest BCUT2D eigenvalue weighted by Gasteiger charge is -2.34. The number of hydrogen-bond donors (Lipinski definition) is 0. The molecule has 0 aliphatic carbocycles. The summed E-state index contributed by atoms with van der Waals surface area (Å²) in [6.45, 7) is 4.24. The topological polar surface area (TPSA) is 102 Å². The molecular formula is C39H63NO7. The highest BCUT2D eigenvalue weighted by Gasteiger charge is 2.25. The van der Waals surface area contributed by atoms with Gasteiger partial charge in [-0.25, -0.2) is 0 Å². The molecule has 0 saturated heterocycles. The van der Waals surface area contributed by atoms with E-state index in [-0.39, 0.29) is 43.1 Å². The summed E-state index contributed by atoms with van der Waals surface area (Å²) in [6, 6.07) is -0.744. The number of ether oxygens (including phenoxy) is 3. The van der Waals surface area contributed by atoms with Gasteiger partial charge in [0, 0.05) is 12.8 Å². The molecule has 0 heterocycles. The first kappa shape index (κ1) is 43.8. The number of allylic oxidation sites excluding steroid dienone is 11. The van der Waals surface area contributed by atoms with Gasteiger partial charge in [0.1, 0.15) is 12.6 Å². The quantitative estimate of drug-likeness (QED) is 0.0365. The van der Waals surface area contributed by atoms with E-state index >= 15 is 0 Å². The summed E-state index contributed by atoms with van der Waals surface area (Å²) in [6.07, 6.45) is 35.4. The lowest BCUT2D eigenvalue weighted by Crippen LogP contribution is -2.55. The van der Waals surface area contributed by atoms with Crippen LogP contribution in [0.15, 0.2) is 72.9 Å². The predicted molar refractivity (Wildman–Crippen MR) is 189 cm³/mol. The summed E-state index contributed by atoms with van der Waals surface area (Å²) in [5, 5.41) is 11.5. The first-order valence-corrected chi connectivity index (χ1v) is 17.5. The SMILES string of the molecule is CC/C=C/C/C=C/C/C=C/CCCCCCC(=O)OCC(COCCC(C(=O)[O-])[N+](C)(C)C)OC(=O)C/C=C/C/C=C/C/C=C/CC. The maximum atomic E-state index is 12.5. The van der Waals surface area contributed by atoms with Crippen LogP contribution < -0.4 is 5.11 Å². The number of aliphatic carboxylic acids is 1. The van der Waals surface area contributed by atoms with Crippen molar-refractivity contribution in [1.82, 2.24) is 0 Å². The average Bonchev–Trinajstić information content (AvgIpc) is 3.01. The number of carboxylic acids is 1. The summed E-state index contributed by atoms with van der Waals surface area (Å²) in [7, 11) is 5.34. The minimum absolute atomic E-state index is 0.00707. The van der Waals surface area contributed by atoms with Gasteiger partial charge in [-0.2, -0.15) is 0 Å². The monoisotopic (exact) mass is 657 g/mol. The molecule has 0 amide bonds. The molecule has 0 rings (SSSR count). The number of unbranched alkanes of at least 4 members (excludes halogenated alkanes) is 4. The number of hydrogen-bond acceptors (Lipinski definition) is 7. The van der Waals surface area contributed by atoms with E-state index in [4.69, 9.17) is 14.2 Å². The molecule has 0 aromatic rings. The molecule has 0 aliphatic rings. The van der Waals surface area contributed by atoms with Crippen LogP contribution in [0, 0.1) is 0 Å². The fourth-order valence-electron chi connectivity index (χ4n) is 4.44. The summed E-state index contributed by atoms with van der Waals surface area (Å²) in [5.41, 5.74) is 0. The summed E-state index contributed by atoms with van der Waals surface area (Å²) < 4.78 is 16.9. The molecule has 266 valence electrons. The Bertz CT molecular complexity index is 1000. The van der Waals surface area contributed by atoms with E-state index in [9.17, 15) is 19.5 Å². The van der Waals surface area contributed by atoms with Gasteiger partial charge in [0.05, 0.1) is 46.7 Å². The highest BCUT2D eigenvalue weighted by atomic mass is 16.6. The number of esters is 2. The van der Waals surface area contributed by atoms with Crippen molar-refractivity contribution in [3.05, 3.63) is 72.9 Å². The number of rotatable bonds is 29. The third kappa shape index (κ3) is 28.7. The molecule has 0 aromatic heterocycles. The Morgan fingerprint density at radius 1 is 0.660 bits per heavy atom. The van der Waals surface area contributed by atoms with Gasteiger partial charge >= 0.3 is 11.9 Å². The molecule has 0 aliphatic heterocycles. The molecule has 2 atom stereocenters. The Labute approximate surface area is 285 Å². The molecule has 0 radical (unpaired) electrons. The molecular weight excluding hydrogens is 594 g/mol. The fourth-order valence-corrected chi connectivity index (χ4v) is 4.44. The third-order valence-corrected chi connectivity index (χ3v) is 7.12. The van der Waals surface area contributed by atoms with Crippen molar-refractivity contribution in [2.45, 2.75) is 116 Å². The lowest BCUT2D eigenvalue weighted by molar-refractivity contribution is -0.889. The molecule has 0 saturated carbocycles. The summed E-state index contributed by atoms with van der Waals surface area (Å²) >= 11 is 0. The largest absolute Gasteiger partial charge is 0.544 e. The van der Waals surface area contributed by atoms with Gasteiger partial charge in [-0.3, -0.25) is 9.59 Å². The zero-order valence-electron chi connectivity index (χ0n) is 29.9. The molecule has 0 N–H and O–H groups in total. The second-order valence-electron chi connectivity index (χ2n) is 12.4. The van der Waals surface area contributed by atoms with Crippen LogP contribution in [0.5, 0.6) is 0 Å². The maximum Gasteiger partial charge on any atom is 0.310 e. The number of nitrogens with zero attached hydrogens (tertiary/aromatic N) is 1. The number of quaternary nitrogens is 1. The van der Waals surface area contributed by atoms with Crippen molar-refractivity contribution in [3.8, 4) is 0 Å². The zero-order valence-corrected chi connectivity index (χ0v) is 29.9. The normalized spacial score (nSPS) is 14.0. The van der Waals surface area contributed by atoms with Crippen molar-refractivity contribution in [1.29, 1.82) is 0 Å². The zero-order chi connectivity index (χ0) is 35.0. The van der Waals surface area contributed by atoms with E-state index in [1.54, 1.807) is 27.2 Å². The summed E-state index contributed by atoms with van der Waals surface area (Å²) in [5.74, 6) is -1.93. The second-order valence-corrected chi connectivity index (χ2v) is 12.4. The second kappa shape index (κ2) is 30.1. The average molecular weight is 658 g/mol. The summed E-state index contributed by atoms with van der Waals surface area (Å²) in [4.78, 5) is 36.4. The van der Waals surface area contributed by atoms with Gasteiger partial charge in [-0.05, 0) is 57.8 Å². The Morgan fingerprint density at radius 3 is 1.74 bits per heavy atom. The molecule has 8 nitrogen and oxygen atoms in total. The van der Waals surface area contributed by atoms with Crippen LogP contribution in [0.4, 0.5) is 0 Å². The van der Waals surface area contributed by atoms with Gasteiger partial charge in [0.25, 0.3) is 0 Å². The standard InChI is InChI=1S/C39H63NO7/c1-6-8-10-12-14-16-17-18-19-20-22-23-25-27-29-37(41)46-34-35(33-45-32-31-36(39(43)44)40(3,4)5)47-38(42)30-28-26-24-21-15-13-11-9-7-2/h8-11,14-16,18-19,21,26,28,35-36H,6-7,12-13,17,20,22-25,27,29-34H2,1-5H3/b10-8+,11-9+,16-14+,19-18+,21-15+,28-26+. The van der Waals surface area contributed by atoms with Crippen molar-refractivity contribution in [2.75, 3.05) is 41.0 Å². The van der Waals surface area contributed by atoms with Crippen molar-refractivity contribution >= 4 is 17.9 Å². The van der Waals surface area contributed by atoms with Crippen LogP contribution >= 0.6 is 0 Å². The van der Waals surface area contributed by atoms with Gasteiger partial charge in [-0.1, -0.05) is 99.6 Å². The first-order valence-electron chi connectivity index (χ1n) is 17.5.